The Balaban J connectivity index is 1.31. The molecule has 0 unspecified atom stereocenters. The number of aromatic nitrogens is 2. The van der Waals surface area contributed by atoms with E-state index in [9.17, 15) is 24.3 Å². The number of nitrogens with zero attached hydrogens (tertiary/aromatic N) is 5. The Morgan fingerprint density at radius 1 is 1.05 bits per heavy atom. The third-order valence-electron chi connectivity index (χ3n) is 7.19. The van der Waals surface area contributed by atoms with E-state index in [2.05, 4.69) is 15.2 Å². The van der Waals surface area contributed by atoms with E-state index in [1.54, 1.807) is 48.0 Å². The minimum atomic E-state index is -0.966. The van der Waals surface area contributed by atoms with Crippen LogP contribution < -0.4 is 22.5 Å². The molecule has 3 heterocycles. The number of hydrogen-bond donors (Lipinski definition) is 4. The number of rotatable bonds is 8. The molecule has 3 amide bonds. The molecule has 0 atom stereocenters. The van der Waals surface area contributed by atoms with Crippen LogP contribution in [-0.4, -0.2) is 98.6 Å². The summed E-state index contributed by atoms with van der Waals surface area (Å²) in [7, 11) is 0. The first-order chi connectivity index (χ1) is 18.4. The second kappa shape index (κ2) is 11.1. The zero-order chi connectivity index (χ0) is 28.4. The predicted molar refractivity (Wildman–Crippen MR) is 144 cm³/mol. The number of hydrogen-bond acceptors (Lipinski definition) is 8. The number of carbonyl (C=O) groups is 3. The van der Waals surface area contributed by atoms with Gasteiger partial charge in [-0.3, -0.25) is 24.4 Å². The standard InChI is InChI=1S/C26H36N8O5/c1-25(2,28)21(35)32-11-13-33(14-12-32)23(38)29-20-7-10-34(24(39)30-20)19-5-3-18(4-6-19)15-31-16-26(17-31,8-9-27)22(36)37/h3-7,10H,8-9,11-17,27-28H2,1-2H3,(H,36,37)(H,29,30,38,39). The van der Waals surface area contributed by atoms with Crippen LogP contribution in [0.5, 0.6) is 0 Å². The van der Waals surface area contributed by atoms with E-state index in [0.29, 0.717) is 64.5 Å². The van der Waals surface area contributed by atoms with Gasteiger partial charge >= 0.3 is 17.7 Å². The number of carboxylic acid groups (broad SMARTS) is 1. The Bertz CT molecular complexity index is 1270. The molecule has 13 heteroatoms. The maximum Gasteiger partial charge on any atom is 0.354 e. The Morgan fingerprint density at radius 3 is 2.21 bits per heavy atom. The lowest BCUT2D eigenvalue weighted by atomic mass is 9.76. The van der Waals surface area contributed by atoms with E-state index in [4.69, 9.17) is 11.5 Å². The van der Waals surface area contributed by atoms with Crippen molar-refractivity contribution in [3.63, 3.8) is 0 Å². The highest BCUT2D eigenvalue weighted by molar-refractivity contribution is 5.89. The number of benzene rings is 1. The zero-order valence-corrected chi connectivity index (χ0v) is 22.3. The van der Waals surface area contributed by atoms with E-state index in [-0.39, 0.29) is 11.7 Å². The molecule has 2 fully saturated rings. The number of urea groups is 1. The predicted octanol–water partition coefficient (Wildman–Crippen LogP) is -0.119. The van der Waals surface area contributed by atoms with Crippen molar-refractivity contribution in [2.75, 3.05) is 51.1 Å². The van der Waals surface area contributed by atoms with Gasteiger partial charge in [0.1, 0.15) is 5.82 Å². The summed E-state index contributed by atoms with van der Waals surface area (Å²) in [5.41, 5.74) is 10.8. The van der Waals surface area contributed by atoms with Crippen molar-refractivity contribution in [2.24, 2.45) is 16.9 Å². The smallest absolute Gasteiger partial charge is 0.354 e. The van der Waals surface area contributed by atoms with Crippen LogP contribution >= 0.6 is 0 Å². The van der Waals surface area contributed by atoms with Crippen molar-refractivity contribution >= 4 is 23.7 Å². The highest BCUT2D eigenvalue weighted by Gasteiger charge is 2.48. The molecule has 0 radical (unpaired) electrons. The summed E-state index contributed by atoms with van der Waals surface area (Å²) >= 11 is 0. The topological polar surface area (TPSA) is 180 Å². The van der Waals surface area contributed by atoms with Gasteiger partial charge in [0.05, 0.1) is 16.6 Å². The Morgan fingerprint density at radius 2 is 1.67 bits per heavy atom. The van der Waals surface area contributed by atoms with Gasteiger partial charge in [-0.1, -0.05) is 12.1 Å². The lowest BCUT2D eigenvalue weighted by Gasteiger charge is -2.47. The van der Waals surface area contributed by atoms with Gasteiger partial charge in [-0.2, -0.15) is 4.98 Å². The lowest BCUT2D eigenvalue weighted by Crippen LogP contribution is -2.60. The highest BCUT2D eigenvalue weighted by Crippen LogP contribution is 2.35. The second-order valence-electron chi connectivity index (χ2n) is 10.8. The molecule has 0 saturated carbocycles. The molecule has 39 heavy (non-hydrogen) atoms. The molecule has 0 bridgehead atoms. The van der Waals surface area contributed by atoms with Crippen LogP contribution in [0.1, 0.15) is 25.8 Å². The largest absolute Gasteiger partial charge is 0.481 e. The average Bonchev–Trinajstić information content (AvgIpc) is 2.87. The van der Waals surface area contributed by atoms with Crippen molar-refractivity contribution in [2.45, 2.75) is 32.4 Å². The molecule has 4 rings (SSSR count). The SMILES string of the molecule is CC(C)(N)C(=O)N1CCN(C(=O)Nc2ccn(-c3ccc(CN4CC(CCN)(C(=O)O)C4)cc3)c(=O)n2)CC1. The Hall–Kier alpha value is -3.81. The first kappa shape index (κ1) is 28.2. The highest BCUT2D eigenvalue weighted by atomic mass is 16.4. The van der Waals surface area contributed by atoms with E-state index in [0.717, 1.165) is 5.56 Å². The van der Waals surface area contributed by atoms with Crippen LogP contribution in [0.3, 0.4) is 0 Å². The normalized spacial score (nSPS) is 17.4. The maximum atomic E-state index is 12.7. The maximum absolute atomic E-state index is 12.7. The van der Waals surface area contributed by atoms with Crippen LogP contribution in [-0.2, 0) is 16.1 Å². The van der Waals surface area contributed by atoms with Gasteiger partial charge in [-0.05, 0) is 50.6 Å². The molecule has 0 aliphatic carbocycles. The first-order valence-corrected chi connectivity index (χ1v) is 12.9. The summed E-state index contributed by atoms with van der Waals surface area (Å²) in [4.78, 5) is 58.5. The fourth-order valence-electron chi connectivity index (χ4n) is 5.00. The molecule has 13 nitrogen and oxygen atoms in total. The first-order valence-electron chi connectivity index (χ1n) is 12.9. The summed E-state index contributed by atoms with van der Waals surface area (Å²) in [5.74, 6) is -0.836. The summed E-state index contributed by atoms with van der Waals surface area (Å²) < 4.78 is 1.37. The molecule has 210 valence electrons. The van der Waals surface area contributed by atoms with E-state index in [1.807, 2.05) is 12.1 Å². The molecule has 2 aliphatic heterocycles. The monoisotopic (exact) mass is 540 g/mol. The van der Waals surface area contributed by atoms with Gasteiger partial charge in [-0.15, -0.1) is 0 Å². The Labute approximate surface area is 226 Å². The molecular weight excluding hydrogens is 504 g/mol. The third-order valence-corrected chi connectivity index (χ3v) is 7.19. The van der Waals surface area contributed by atoms with Gasteiger partial charge in [0.15, 0.2) is 0 Å². The van der Waals surface area contributed by atoms with Crippen molar-refractivity contribution in [1.29, 1.82) is 0 Å². The third kappa shape index (κ3) is 6.27. The van der Waals surface area contributed by atoms with Crippen molar-refractivity contribution in [3.8, 4) is 5.69 Å². The van der Waals surface area contributed by atoms with Crippen LogP contribution in [0.15, 0.2) is 41.3 Å². The summed E-state index contributed by atoms with van der Waals surface area (Å²) in [6.45, 7) is 6.61. The van der Waals surface area contributed by atoms with Crippen LogP contribution in [0.4, 0.5) is 10.6 Å². The van der Waals surface area contributed by atoms with Gasteiger partial charge in [-0.25, -0.2) is 9.59 Å². The molecule has 1 aromatic carbocycles. The van der Waals surface area contributed by atoms with Gasteiger partial charge in [0.25, 0.3) is 0 Å². The molecule has 2 aromatic rings. The van der Waals surface area contributed by atoms with Crippen molar-refractivity contribution in [3.05, 3.63) is 52.6 Å². The number of anilines is 1. The second-order valence-corrected chi connectivity index (χ2v) is 10.8. The number of likely N-dealkylation sites (tertiary alicyclic amines) is 1. The van der Waals surface area contributed by atoms with Crippen molar-refractivity contribution in [1.82, 2.24) is 24.3 Å². The summed E-state index contributed by atoms with van der Waals surface area (Å²) in [6, 6.07) is 8.52. The molecular formula is C26H36N8O5. The molecule has 1 aromatic heterocycles. The average molecular weight is 541 g/mol. The van der Waals surface area contributed by atoms with E-state index >= 15 is 0 Å². The lowest BCUT2D eigenvalue weighted by molar-refractivity contribution is -0.161. The molecule has 6 N–H and O–H groups in total. The number of carbonyl (C=O) groups excluding carboxylic acids is 2. The number of aliphatic carboxylic acids is 1. The van der Waals surface area contributed by atoms with Crippen LogP contribution in [0, 0.1) is 5.41 Å². The molecule has 2 saturated heterocycles. The molecule has 2 aliphatic rings. The summed E-state index contributed by atoms with van der Waals surface area (Å²) in [6.07, 6.45) is 2.00. The number of amides is 3. The quantitative estimate of drug-likeness (QED) is 0.355. The zero-order valence-electron chi connectivity index (χ0n) is 22.3. The Kier molecular flexibility index (Phi) is 8.04. The van der Waals surface area contributed by atoms with Crippen LogP contribution in [0.2, 0.25) is 0 Å². The van der Waals surface area contributed by atoms with Gasteiger partial charge in [0.2, 0.25) is 5.91 Å². The minimum absolute atomic E-state index is 0.136. The van der Waals surface area contributed by atoms with Crippen molar-refractivity contribution < 1.29 is 19.5 Å². The fourth-order valence-corrected chi connectivity index (χ4v) is 5.00. The van der Waals surface area contributed by atoms with Crippen LogP contribution in [0.25, 0.3) is 5.69 Å². The molecule has 0 spiro atoms. The van der Waals surface area contributed by atoms with E-state index in [1.165, 1.54) is 4.57 Å². The number of carboxylic acids is 1. The summed E-state index contributed by atoms with van der Waals surface area (Å²) in [5, 5.41) is 12.2. The van der Waals surface area contributed by atoms with Gasteiger partial charge in [0, 0.05) is 52.0 Å². The number of piperazine rings is 1. The number of nitrogens with one attached hydrogen (secondary N) is 1. The van der Waals surface area contributed by atoms with E-state index < -0.39 is 28.6 Å². The van der Waals surface area contributed by atoms with Gasteiger partial charge < -0.3 is 26.4 Å². The fraction of sp³-hybridized carbons (Fsp3) is 0.500. The minimum Gasteiger partial charge on any atom is -0.481 e. The number of nitrogens with two attached hydrogens (primary N) is 2.